The fourth-order valence-electron chi connectivity index (χ4n) is 10.8. The summed E-state index contributed by atoms with van der Waals surface area (Å²) in [5, 5.41) is 35.8. The number of ether oxygens (including phenoxy) is 1. The summed E-state index contributed by atoms with van der Waals surface area (Å²) in [5.74, 6) is 0.370. The average Bonchev–Trinajstić information content (AvgIpc) is 3.52. The third-order valence-electron chi connectivity index (χ3n) is 13.9. The molecule has 0 bridgehead atoms. The molecule has 0 spiro atoms. The number of pyridine rings is 1. The lowest BCUT2D eigenvalue weighted by Gasteiger charge is -2.63. The van der Waals surface area contributed by atoms with Gasteiger partial charge in [0, 0.05) is 97.5 Å². The second-order valence-corrected chi connectivity index (χ2v) is 18.5. The van der Waals surface area contributed by atoms with Gasteiger partial charge in [-0.3, -0.25) is 39.3 Å². The van der Waals surface area contributed by atoms with Crippen molar-refractivity contribution in [3.63, 3.8) is 0 Å². The highest BCUT2D eigenvalue weighted by Gasteiger charge is 2.64. The number of hydrogen-bond donors (Lipinski definition) is 3. The van der Waals surface area contributed by atoms with E-state index in [-0.39, 0.29) is 42.5 Å². The number of aliphatic hydroxyl groups is 1. The average molecular weight is 841 g/mol. The van der Waals surface area contributed by atoms with Crippen molar-refractivity contribution in [1.29, 1.82) is 5.26 Å². The van der Waals surface area contributed by atoms with Crippen LogP contribution in [0.25, 0.3) is 10.9 Å². The number of amides is 4. The Morgan fingerprint density at radius 2 is 1.69 bits per heavy atom. The molecule has 1 aliphatic carbocycles. The van der Waals surface area contributed by atoms with Crippen molar-refractivity contribution >= 4 is 46.0 Å². The zero-order valence-corrected chi connectivity index (χ0v) is 35.5. The van der Waals surface area contributed by atoms with E-state index in [0.717, 1.165) is 75.5 Å². The second-order valence-electron chi connectivity index (χ2n) is 18.5. The Balaban J connectivity index is 0.739. The van der Waals surface area contributed by atoms with Crippen molar-refractivity contribution in [2.75, 3.05) is 55.6 Å². The number of carbonyl (C=O) groups excluding carboxylic acids is 4. The van der Waals surface area contributed by atoms with Gasteiger partial charge in [0.15, 0.2) is 17.7 Å². The summed E-state index contributed by atoms with van der Waals surface area (Å²) in [4.78, 5) is 63.5. The minimum absolute atomic E-state index is 0.126. The van der Waals surface area contributed by atoms with Crippen molar-refractivity contribution < 1.29 is 29.0 Å². The van der Waals surface area contributed by atoms with Gasteiger partial charge in [-0.2, -0.15) is 5.26 Å². The lowest BCUT2D eigenvalue weighted by Crippen LogP contribution is -2.74. The summed E-state index contributed by atoms with van der Waals surface area (Å²) >= 11 is 0. The molecule has 16 heteroatoms. The van der Waals surface area contributed by atoms with Gasteiger partial charge in [-0.1, -0.05) is 27.7 Å². The molecule has 9 rings (SSSR count). The number of imide groups is 1. The number of piperazine rings is 1. The molecule has 62 heavy (non-hydrogen) atoms. The van der Waals surface area contributed by atoms with E-state index in [1.807, 2.05) is 36.4 Å². The van der Waals surface area contributed by atoms with Crippen LogP contribution in [0.15, 0.2) is 60.8 Å². The molecule has 2 aromatic heterocycles. The van der Waals surface area contributed by atoms with Crippen LogP contribution in [0.1, 0.15) is 91.6 Å². The van der Waals surface area contributed by atoms with E-state index in [9.17, 15) is 29.5 Å². The third-order valence-corrected chi connectivity index (χ3v) is 13.9. The molecule has 4 amide bonds. The van der Waals surface area contributed by atoms with E-state index < -0.39 is 34.9 Å². The maximum absolute atomic E-state index is 13.5. The number of fused-ring (bicyclic) bond motifs is 2. The molecule has 6 heterocycles. The monoisotopic (exact) mass is 840 g/mol. The van der Waals surface area contributed by atoms with Crippen molar-refractivity contribution in [3.05, 3.63) is 83.2 Å². The van der Waals surface area contributed by atoms with E-state index in [0.29, 0.717) is 33.9 Å². The van der Waals surface area contributed by atoms with Crippen molar-refractivity contribution in [2.24, 2.45) is 16.7 Å². The number of hydrogen-bond acceptors (Lipinski definition) is 13. The first kappa shape index (κ1) is 41.2. The Morgan fingerprint density at radius 1 is 0.935 bits per heavy atom. The fourth-order valence-corrected chi connectivity index (χ4v) is 10.8. The highest BCUT2D eigenvalue weighted by molar-refractivity contribution is 6.06. The molecule has 0 radical (unpaired) electrons. The number of aromatic nitrogens is 3. The van der Waals surface area contributed by atoms with Crippen LogP contribution in [-0.2, 0) is 9.59 Å². The number of carbonyl (C=O) groups is 4. The summed E-state index contributed by atoms with van der Waals surface area (Å²) in [5.41, 5.74) is 2.35. The standard InChI is InChI=1S/C46H52N10O6/c1-45(2)43(46(3,4)44(45)62-35-12-7-28(25-47)38-31(35)6-5-17-48-38)50-39(58)33-10-13-36(52-51-33)55-18-15-27(16-19-55)26-53-20-22-54(23-21-53)29-8-9-30-32(24-29)42(61)56(41(30)60)34-11-14-37(57)49-40(34)59/h5-10,12-13,17,24,27,34,42-44,61H,11,14-16,18-23,26H2,1-4H3,(H,50,58)(H,49,57,59). The fraction of sp³-hybridized carbons (Fsp3) is 0.478. The summed E-state index contributed by atoms with van der Waals surface area (Å²) in [7, 11) is 0. The van der Waals surface area contributed by atoms with Gasteiger partial charge in [-0.15, -0.1) is 10.2 Å². The Bertz CT molecular complexity index is 2450. The molecule has 1 saturated carbocycles. The number of rotatable bonds is 9. The lowest BCUT2D eigenvalue weighted by molar-refractivity contribution is -0.163. The third kappa shape index (κ3) is 7.26. The van der Waals surface area contributed by atoms with E-state index in [4.69, 9.17) is 4.74 Å². The predicted octanol–water partition coefficient (Wildman–Crippen LogP) is 3.80. The van der Waals surface area contributed by atoms with E-state index >= 15 is 0 Å². The second kappa shape index (κ2) is 15.9. The number of aliphatic hydroxyl groups excluding tert-OH is 1. The molecule has 3 N–H and O–H groups in total. The minimum atomic E-state index is -1.24. The number of piperidine rings is 2. The van der Waals surface area contributed by atoms with Gasteiger partial charge in [0.25, 0.3) is 11.8 Å². The Morgan fingerprint density at radius 3 is 2.39 bits per heavy atom. The molecule has 2 aromatic carbocycles. The summed E-state index contributed by atoms with van der Waals surface area (Å²) in [6.45, 7) is 14.5. The topological polar surface area (TPSA) is 197 Å². The Labute approximate surface area is 360 Å². The molecule has 2 unspecified atom stereocenters. The van der Waals surface area contributed by atoms with Crippen LogP contribution in [-0.4, -0.2) is 118 Å². The van der Waals surface area contributed by atoms with E-state index in [1.54, 1.807) is 24.4 Å². The number of benzene rings is 2. The molecule has 3 saturated heterocycles. The SMILES string of the molecule is CC1(C)C(NC(=O)c2ccc(N3CCC(CN4CCN(c5ccc6c(c5)C(O)N(C5CCC(=O)NC5=O)C6=O)CC4)CC3)nn2)C(C)(C)C1Oc1ccc(C#N)c2ncccc12. The van der Waals surface area contributed by atoms with Crippen molar-refractivity contribution in [2.45, 2.75) is 77.8 Å². The number of anilines is 2. The quantitative estimate of drug-likeness (QED) is 0.206. The molecule has 4 fully saturated rings. The molecular formula is C46H52N10O6. The van der Waals surface area contributed by atoms with Gasteiger partial charge in [0.05, 0.1) is 11.1 Å². The zero-order valence-electron chi connectivity index (χ0n) is 35.5. The highest BCUT2D eigenvalue weighted by atomic mass is 16.5. The molecule has 4 aromatic rings. The highest BCUT2D eigenvalue weighted by Crippen LogP contribution is 2.56. The summed E-state index contributed by atoms with van der Waals surface area (Å²) in [6, 6.07) is 17.6. The van der Waals surface area contributed by atoms with Crippen molar-refractivity contribution in [3.8, 4) is 11.8 Å². The van der Waals surface area contributed by atoms with Crippen LogP contribution in [0.2, 0.25) is 0 Å². The molecule has 2 atom stereocenters. The first-order valence-electron chi connectivity index (χ1n) is 21.5. The van der Waals surface area contributed by atoms with Gasteiger partial charge in [0.1, 0.15) is 24.0 Å². The maximum Gasteiger partial charge on any atom is 0.272 e. The van der Waals surface area contributed by atoms with Gasteiger partial charge >= 0.3 is 0 Å². The van der Waals surface area contributed by atoms with E-state index in [2.05, 4.69) is 74.3 Å². The molecule has 16 nitrogen and oxygen atoms in total. The van der Waals surface area contributed by atoms with Gasteiger partial charge in [-0.25, -0.2) is 0 Å². The summed E-state index contributed by atoms with van der Waals surface area (Å²) in [6.07, 6.45) is 2.56. The van der Waals surface area contributed by atoms with Crippen LogP contribution < -0.4 is 25.2 Å². The van der Waals surface area contributed by atoms with Gasteiger partial charge < -0.3 is 25.0 Å². The molecule has 5 aliphatic rings. The largest absolute Gasteiger partial charge is 0.488 e. The smallest absolute Gasteiger partial charge is 0.272 e. The molecule has 4 aliphatic heterocycles. The zero-order chi connectivity index (χ0) is 43.5. The minimum Gasteiger partial charge on any atom is -0.488 e. The lowest BCUT2D eigenvalue weighted by atomic mass is 9.49. The van der Waals surface area contributed by atoms with Crippen LogP contribution in [0.5, 0.6) is 5.75 Å². The number of nitriles is 1. The van der Waals surface area contributed by atoms with Crippen LogP contribution >= 0.6 is 0 Å². The normalized spacial score (nSPS) is 24.9. The Kier molecular flexibility index (Phi) is 10.6. The maximum atomic E-state index is 13.5. The number of nitrogens with zero attached hydrogens (tertiary/aromatic N) is 8. The van der Waals surface area contributed by atoms with Gasteiger partial charge in [-0.05, 0) is 79.8 Å². The first-order valence-corrected chi connectivity index (χ1v) is 21.5. The predicted molar refractivity (Wildman–Crippen MR) is 229 cm³/mol. The van der Waals surface area contributed by atoms with Crippen molar-refractivity contribution in [1.82, 2.24) is 35.6 Å². The van der Waals surface area contributed by atoms with E-state index in [1.165, 1.54) is 4.90 Å². The Hall–Kier alpha value is -6.18. The van der Waals surface area contributed by atoms with Crippen LogP contribution in [0.4, 0.5) is 11.5 Å². The molecule has 322 valence electrons. The first-order chi connectivity index (χ1) is 29.7. The summed E-state index contributed by atoms with van der Waals surface area (Å²) < 4.78 is 6.63. The molecular weight excluding hydrogens is 789 g/mol. The van der Waals surface area contributed by atoms with Crippen LogP contribution in [0, 0.1) is 28.1 Å². The van der Waals surface area contributed by atoms with Crippen LogP contribution in [0.3, 0.4) is 0 Å². The van der Waals surface area contributed by atoms with Gasteiger partial charge in [0.2, 0.25) is 11.8 Å². The number of nitrogens with one attached hydrogen (secondary N) is 2.